The summed E-state index contributed by atoms with van der Waals surface area (Å²) in [6.45, 7) is 3.95. The van der Waals surface area contributed by atoms with Crippen LogP contribution in [0, 0.1) is 0 Å². The van der Waals surface area contributed by atoms with Crippen LogP contribution in [0.1, 0.15) is 31.2 Å². The topological polar surface area (TPSA) is 60.2 Å². The van der Waals surface area contributed by atoms with E-state index in [1.54, 1.807) is 17.9 Å². The van der Waals surface area contributed by atoms with Crippen LogP contribution in [0.2, 0.25) is 0 Å². The highest BCUT2D eigenvalue weighted by Crippen LogP contribution is 2.22. The van der Waals surface area contributed by atoms with Gasteiger partial charge in [-0.15, -0.1) is 5.10 Å². The first-order chi connectivity index (χ1) is 9.04. The maximum absolute atomic E-state index is 10.2. The second kappa shape index (κ2) is 5.84. The van der Waals surface area contributed by atoms with Crippen LogP contribution >= 0.6 is 0 Å². The number of aryl methyl sites for hydroxylation is 1. The van der Waals surface area contributed by atoms with Crippen LogP contribution in [0.25, 0.3) is 0 Å². The number of ether oxygens (including phenoxy) is 1. The fraction of sp³-hybridized carbons (Fsp3) is 0.429. The summed E-state index contributed by atoms with van der Waals surface area (Å²) in [5.41, 5.74) is 1.59. The lowest BCUT2D eigenvalue weighted by Crippen LogP contribution is -2.07. The number of aliphatic hydroxyl groups is 1. The van der Waals surface area contributed by atoms with Crippen molar-refractivity contribution in [3.8, 4) is 5.75 Å². The smallest absolute Gasteiger partial charge is 0.120 e. The highest BCUT2D eigenvalue weighted by molar-refractivity contribution is 5.30. The number of hydrogen-bond acceptors (Lipinski definition) is 4. The van der Waals surface area contributed by atoms with Crippen molar-refractivity contribution in [3.05, 3.63) is 41.7 Å². The van der Waals surface area contributed by atoms with Crippen molar-refractivity contribution in [1.82, 2.24) is 15.0 Å². The molecule has 0 aliphatic carbocycles. The molecule has 0 aliphatic rings. The van der Waals surface area contributed by atoms with E-state index in [-0.39, 0.29) is 6.10 Å². The zero-order valence-corrected chi connectivity index (χ0v) is 11.4. The summed E-state index contributed by atoms with van der Waals surface area (Å²) < 4.78 is 7.24. The summed E-state index contributed by atoms with van der Waals surface area (Å²) in [6.07, 6.45) is 1.76. The summed E-state index contributed by atoms with van der Waals surface area (Å²) in [5.74, 6) is 0.769. The van der Waals surface area contributed by atoms with E-state index < -0.39 is 6.10 Å². The fourth-order valence-corrected chi connectivity index (χ4v) is 1.87. The molecule has 0 radical (unpaired) electrons. The van der Waals surface area contributed by atoms with Gasteiger partial charge in [0.2, 0.25) is 0 Å². The maximum Gasteiger partial charge on any atom is 0.120 e. The van der Waals surface area contributed by atoms with Crippen molar-refractivity contribution in [2.75, 3.05) is 0 Å². The highest BCUT2D eigenvalue weighted by Gasteiger charge is 2.12. The molecule has 0 aliphatic heterocycles. The summed E-state index contributed by atoms with van der Waals surface area (Å²) in [4.78, 5) is 0. The van der Waals surface area contributed by atoms with Gasteiger partial charge in [-0.1, -0.05) is 17.3 Å². The monoisotopic (exact) mass is 261 g/mol. The van der Waals surface area contributed by atoms with E-state index in [1.165, 1.54) is 0 Å². The van der Waals surface area contributed by atoms with Crippen molar-refractivity contribution < 1.29 is 9.84 Å². The molecule has 5 heteroatoms. The second-order valence-corrected chi connectivity index (χ2v) is 4.84. The Morgan fingerprint density at radius 1 is 1.37 bits per heavy atom. The molecular formula is C14H19N3O2. The zero-order valence-electron chi connectivity index (χ0n) is 11.4. The van der Waals surface area contributed by atoms with Crippen LogP contribution in [0.3, 0.4) is 0 Å². The minimum Gasteiger partial charge on any atom is -0.491 e. The normalized spacial score (nSPS) is 12.7. The average molecular weight is 261 g/mol. The van der Waals surface area contributed by atoms with Crippen LogP contribution in [0.15, 0.2) is 30.5 Å². The van der Waals surface area contributed by atoms with E-state index in [1.807, 2.05) is 38.1 Å². The molecule has 5 nitrogen and oxygen atoms in total. The number of nitrogens with zero attached hydrogens (tertiary/aromatic N) is 3. The Morgan fingerprint density at radius 3 is 2.79 bits per heavy atom. The minimum atomic E-state index is -0.604. The van der Waals surface area contributed by atoms with E-state index in [9.17, 15) is 5.11 Å². The Morgan fingerprint density at radius 2 is 2.16 bits per heavy atom. The molecular weight excluding hydrogens is 242 g/mol. The van der Waals surface area contributed by atoms with Crippen molar-refractivity contribution in [2.24, 2.45) is 7.05 Å². The molecule has 19 heavy (non-hydrogen) atoms. The third-order valence-electron chi connectivity index (χ3n) is 2.67. The Kier molecular flexibility index (Phi) is 4.16. The zero-order chi connectivity index (χ0) is 13.8. The molecule has 1 unspecified atom stereocenters. The van der Waals surface area contributed by atoms with E-state index in [0.717, 1.165) is 17.0 Å². The quantitative estimate of drug-likeness (QED) is 0.892. The Bertz CT molecular complexity index is 537. The van der Waals surface area contributed by atoms with Crippen LogP contribution in [0.5, 0.6) is 5.75 Å². The van der Waals surface area contributed by atoms with Crippen LogP contribution in [0.4, 0.5) is 0 Å². The Labute approximate surface area is 112 Å². The van der Waals surface area contributed by atoms with Crippen molar-refractivity contribution in [2.45, 2.75) is 32.5 Å². The molecule has 102 valence electrons. The molecule has 1 N–H and O–H groups in total. The van der Waals surface area contributed by atoms with Gasteiger partial charge in [-0.2, -0.15) is 0 Å². The first-order valence-electron chi connectivity index (χ1n) is 6.34. The predicted molar refractivity (Wildman–Crippen MR) is 71.9 cm³/mol. The lowest BCUT2D eigenvalue weighted by Gasteiger charge is -2.13. The molecule has 1 heterocycles. The molecule has 0 saturated heterocycles. The highest BCUT2D eigenvalue weighted by atomic mass is 16.5. The summed E-state index contributed by atoms with van der Waals surface area (Å²) in [7, 11) is 1.81. The largest absolute Gasteiger partial charge is 0.491 e. The molecule has 1 aromatic heterocycles. The first-order valence-corrected chi connectivity index (χ1v) is 6.34. The van der Waals surface area contributed by atoms with Crippen molar-refractivity contribution >= 4 is 0 Å². The third kappa shape index (κ3) is 3.79. The van der Waals surface area contributed by atoms with E-state index in [4.69, 9.17) is 4.74 Å². The fourth-order valence-electron chi connectivity index (χ4n) is 1.87. The summed E-state index contributed by atoms with van der Waals surface area (Å²) >= 11 is 0. The van der Waals surface area contributed by atoms with Crippen LogP contribution in [-0.4, -0.2) is 26.2 Å². The van der Waals surface area contributed by atoms with Gasteiger partial charge in [-0.25, -0.2) is 0 Å². The summed E-state index contributed by atoms with van der Waals surface area (Å²) in [5, 5.41) is 18.0. The molecule has 1 atom stereocenters. The predicted octanol–water partition coefficient (Wildman–Crippen LogP) is 1.88. The summed E-state index contributed by atoms with van der Waals surface area (Å²) in [6, 6.07) is 7.51. The Balaban J connectivity index is 2.08. The molecule has 0 fully saturated rings. The van der Waals surface area contributed by atoms with Gasteiger partial charge < -0.3 is 9.84 Å². The van der Waals surface area contributed by atoms with E-state index >= 15 is 0 Å². The van der Waals surface area contributed by atoms with Crippen molar-refractivity contribution in [1.29, 1.82) is 0 Å². The molecule has 0 bridgehead atoms. The Hall–Kier alpha value is -1.88. The molecule has 0 spiro atoms. The molecule has 1 aromatic carbocycles. The molecule has 2 aromatic rings. The first kappa shape index (κ1) is 13.5. The molecule has 0 saturated carbocycles. The van der Waals surface area contributed by atoms with Gasteiger partial charge in [0.05, 0.1) is 17.9 Å². The van der Waals surface area contributed by atoms with E-state index in [2.05, 4.69) is 10.3 Å². The SMILES string of the molecule is CC(C)Oc1cccc(C(O)Cc2cn(C)nn2)c1. The standard InChI is InChI=1S/C14H19N3O2/c1-10(2)19-13-6-4-5-11(7-13)14(18)8-12-9-17(3)16-15-12/h4-7,9-10,14,18H,8H2,1-3H3. The van der Waals surface area contributed by atoms with Gasteiger partial charge >= 0.3 is 0 Å². The second-order valence-electron chi connectivity index (χ2n) is 4.84. The van der Waals surface area contributed by atoms with Gasteiger partial charge in [0, 0.05) is 19.7 Å². The number of hydrogen-bond donors (Lipinski definition) is 1. The van der Waals surface area contributed by atoms with Gasteiger partial charge in [-0.05, 0) is 31.5 Å². The minimum absolute atomic E-state index is 0.118. The lowest BCUT2D eigenvalue weighted by molar-refractivity contribution is 0.176. The van der Waals surface area contributed by atoms with Gasteiger partial charge in [0.25, 0.3) is 0 Å². The van der Waals surface area contributed by atoms with Gasteiger partial charge in [-0.3, -0.25) is 4.68 Å². The lowest BCUT2D eigenvalue weighted by atomic mass is 10.1. The number of rotatable bonds is 5. The van der Waals surface area contributed by atoms with Crippen LogP contribution in [-0.2, 0) is 13.5 Å². The number of benzene rings is 1. The molecule has 0 amide bonds. The molecule has 2 rings (SSSR count). The van der Waals surface area contributed by atoms with Crippen LogP contribution < -0.4 is 4.74 Å². The van der Waals surface area contributed by atoms with Gasteiger partial charge in [0.1, 0.15) is 5.75 Å². The number of aliphatic hydroxyl groups excluding tert-OH is 1. The van der Waals surface area contributed by atoms with Gasteiger partial charge in [0.15, 0.2) is 0 Å². The number of aromatic nitrogens is 3. The van der Waals surface area contributed by atoms with E-state index in [0.29, 0.717) is 6.42 Å². The maximum atomic E-state index is 10.2. The van der Waals surface area contributed by atoms with Crippen molar-refractivity contribution in [3.63, 3.8) is 0 Å². The average Bonchev–Trinajstić information content (AvgIpc) is 2.74. The third-order valence-corrected chi connectivity index (χ3v) is 2.67.